The van der Waals surface area contributed by atoms with E-state index in [4.69, 9.17) is 11.6 Å². The molecule has 1 aromatic rings. The van der Waals surface area contributed by atoms with Gasteiger partial charge >= 0.3 is 0 Å². The lowest BCUT2D eigenvalue weighted by Gasteiger charge is -2.25. The van der Waals surface area contributed by atoms with Gasteiger partial charge in [-0.3, -0.25) is 9.59 Å². The van der Waals surface area contributed by atoms with Gasteiger partial charge in [0.15, 0.2) is 0 Å². The number of carbonyl (C=O) groups excluding carboxylic acids is 2. The number of amides is 2. The van der Waals surface area contributed by atoms with Gasteiger partial charge < -0.3 is 9.80 Å². The summed E-state index contributed by atoms with van der Waals surface area (Å²) >= 11 is 7.47. The molecule has 20 heavy (non-hydrogen) atoms. The van der Waals surface area contributed by atoms with Crippen LogP contribution in [-0.2, 0) is 16.0 Å². The highest BCUT2D eigenvalue weighted by Gasteiger charge is 2.38. The molecule has 0 saturated carbocycles. The minimum Gasteiger partial charge on any atom is -0.340 e. The maximum absolute atomic E-state index is 12.5. The molecule has 1 unspecified atom stereocenters. The molecule has 3 heterocycles. The molecule has 2 aliphatic rings. The number of carbonyl (C=O) groups is 2. The summed E-state index contributed by atoms with van der Waals surface area (Å²) in [6.07, 6.45) is 3.01. The summed E-state index contributed by atoms with van der Waals surface area (Å²) in [5.41, 5.74) is 0. The first-order chi connectivity index (χ1) is 9.65. The molecule has 2 amide bonds. The van der Waals surface area contributed by atoms with Crippen LogP contribution in [0, 0.1) is 0 Å². The first kappa shape index (κ1) is 13.9. The number of rotatable bonds is 3. The lowest BCUT2D eigenvalue weighted by atomic mass is 10.2. The fourth-order valence-corrected chi connectivity index (χ4v) is 4.05. The third-order valence-electron chi connectivity index (χ3n) is 4.02. The van der Waals surface area contributed by atoms with Crippen LogP contribution in [0.25, 0.3) is 0 Å². The minimum atomic E-state index is -0.211. The number of hydrogen-bond donors (Lipinski definition) is 0. The summed E-state index contributed by atoms with van der Waals surface area (Å²) < 4.78 is 0.777. The van der Waals surface area contributed by atoms with E-state index in [9.17, 15) is 9.59 Å². The molecule has 0 N–H and O–H groups in total. The Balaban J connectivity index is 1.66. The molecule has 0 aromatic carbocycles. The quantitative estimate of drug-likeness (QED) is 0.858. The second-order valence-electron chi connectivity index (χ2n) is 5.28. The smallest absolute Gasteiger partial charge is 0.245 e. The molecule has 1 aromatic heterocycles. The summed E-state index contributed by atoms with van der Waals surface area (Å²) in [4.78, 5) is 29.3. The zero-order chi connectivity index (χ0) is 14.1. The molecule has 1 atom stereocenters. The van der Waals surface area contributed by atoms with E-state index in [0.29, 0.717) is 19.5 Å². The predicted octanol–water partition coefficient (Wildman–Crippen LogP) is 2.17. The second kappa shape index (κ2) is 5.74. The fourth-order valence-electron chi connectivity index (χ4n) is 2.97. The van der Waals surface area contributed by atoms with Crippen LogP contribution < -0.4 is 0 Å². The van der Waals surface area contributed by atoms with Crippen molar-refractivity contribution in [2.75, 3.05) is 19.6 Å². The Labute approximate surface area is 127 Å². The molecule has 108 valence electrons. The SMILES string of the molecule is O=C1C2CCCN2C(=O)CCN1CCc1ccc(Cl)s1. The summed E-state index contributed by atoms with van der Waals surface area (Å²) in [5, 5.41) is 0. The molecule has 3 rings (SSSR count). The van der Waals surface area contributed by atoms with Gasteiger partial charge in [0.2, 0.25) is 11.8 Å². The van der Waals surface area contributed by atoms with Crippen LogP contribution in [0.15, 0.2) is 12.1 Å². The first-order valence-electron chi connectivity index (χ1n) is 6.97. The first-order valence-corrected chi connectivity index (χ1v) is 8.17. The van der Waals surface area contributed by atoms with Gasteiger partial charge in [-0.15, -0.1) is 11.3 Å². The summed E-state index contributed by atoms with van der Waals surface area (Å²) in [5.74, 6) is 0.249. The zero-order valence-electron chi connectivity index (χ0n) is 11.2. The molecule has 4 nitrogen and oxygen atoms in total. The highest BCUT2D eigenvalue weighted by molar-refractivity contribution is 7.16. The van der Waals surface area contributed by atoms with Crippen LogP contribution >= 0.6 is 22.9 Å². The lowest BCUT2D eigenvalue weighted by Crippen LogP contribution is -2.44. The van der Waals surface area contributed by atoms with E-state index in [1.165, 1.54) is 4.88 Å². The Bertz CT molecular complexity index is 531. The van der Waals surface area contributed by atoms with Crippen molar-refractivity contribution >= 4 is 34.8 Å². The molecule has 6 heteroatoms. The molecule has 0 aliphatic carbocycles. The van der Waals surface area contributed by atoms with E-state index in [1.807, 2.05) is 17.0 Å². The van der Waals surface area contributed by atoms with Gasteiger partial charge in [0.25, 0.3) is 0 Å². The third-order valence-corrected chi connectivity index (χ3v) is 5.31. The monoisotopic (exact) mass is 312 g/mol. The Hall–Kier alpha value is -1.07. The van der Waals surface area contributed by atoms with Crippen molar-refractivity contribution in [3.8, 4) is 0 Å². The third kappa shape index (κ3) is 2.69. The van der Waals surface area contributed by atoms with E-state index in [1.54, 1.807) is 16.2 Å². The number of halogens is 1. The number of nitrogens with zero attached hydrogens (tertiary/aromatic N) is 2. The van der Waals surface area contributed by atoms with Crippen LogP contribution in [-0.4, -0.2) is 47.3 Å². The van der Waals surface area contributed by atoms with Crippen molar-refractivity contribution in [2.45, 2.75) is 31.7 Å². The molecular weight excluding hydrogens is 296 g/mol. The Morgan fingerprint density at radius 1 is 1.30 bits per heavy atom. The van der Waals surface area contributed by atoms with Gasteiger partial charge in [0.1, 0.15) is 6.04 Å². The van der Waals surface area contributed by atoms with Crippen molar-refractivity contribution < 1.29 is 9.59 Å². The van der Waals surface area contributed by atoms with E-state index >= 15 is 0 Å². The van der Waals surface area contributed by atoms with Crippen LogP contribution in [0.1, 0.15) is 24.1 Å². The normalized spacial score (nSPS) is 23.1. The van der Waals surface area contributed by atoms with Gasteiger partial charge in [-0.25, -0.2) is 0 Å². The fraction of sp³-hybridized carbons (Fsp3) is 0.571. The average molecular weight is 313 g/mol. The second-order valence-corrected chi connectivity index (χ2v) is 7.08. The summed E-state index contributed by atoms with van der Waals surface area (Å²) in [6.45, 7) is 1.96. The van der Waals surface area contributed by atoms with Gasteiger partial charge in [-0.1, -0.05) is 11.6 Å². The molecule has 0 spiro atoms. The summed E-state index contributed by atoms with van der Waals surface area (Å²) in [6, 6.07) is 3.67. The molecule has 0 radical (unpaired) electrons. The van der Waals surface area contributed by atoms with E-state index in [0.717, 1.165) is 30.1 Å². The van der Waals surface area contributed by atoms with Crippen LogP contribution in [0.3, 0.4) is 0 Å². The van der Waals surface area contributed by atoms with Crippen molar-refractivity contribution in [3.05, 3.63) is 21.3 Å². The van der Waals surface area contributed by atoms with Crippen LogP contribution in [0.5, 0.6) is 0 Å². The zero-order valence-corrected chi connectivity index (χ0v) is 12.8. The molecule has 2 aliphatic heterocycles. The lowest BCUT2D eigenvalue weighted by molar-refractivity contribution is -0.139. The minimum absolute atomic E-state index is 0.121. The van der Waals surface area contributed by atoms with Crippen molar-refractivity contribution in [3.63, 3.8) is 0 Å². The highest BCUT2D eigenvalue weighted by atomic mass is 35.5. The Kier molecular flexibility index (Phi) is 3.98. The summed E-state index contributed by atoms with van der Waals surface area (Å²) in [7, 11) is 0. The highest BCUT2D eigenvalue weighted by Crippen LogP contribution is 2.25. The Morgan fingerprint density at radius 3 is 2.90 bits per heavy atom. The maximum Gasteiger partial charge on any atom is 0.245 e. The largest absolute Gasteiger partial charge is 0.340 e. The number of fused-ring (bicyclic) bond motifs is 1. The molecule has 2 fully saturated rings. The van der Waals surface area contributed by atoms with E-state index in [2.05, 4.69) is 0 Å². The average Bonchev–Trinajstić information content (AvgIpc) is 3.04. The molecule has 0 bridgehead atoms. The topological polar surface area (TPSA) is 40.6 Å². The van der Waals surface area contributed by atoms with Crippen LogP contribution in [0.2, 0.25) is 4.34 Å². The van der Waals surface area contributed by atoms with Crippen molar-refractivity contribution in [2.24, 2.45) is 0 Å². The van der Waals surface area contributed by atoms with E-state index < -0.39 is 0 Å². The predicted molar refractivity (Wildman–Crippen MR) is 79.0 cm³/mol. The van der Waals surface area contributed by atoms with Gasteiger partial charge in [0, 0.05) is 30.9 Å². The standard InChI is InChI=1S/C14H17ClN2O2S/c15-12-4-3-10(20-12)5-8-16-9-6-13(18)17-7-1-2-11(17)14(16)19/h3-4,11H,1-2,5-9H2. The van der Waals surface area contributed by atoms with Gasteiger partial charge in [0.05, 0.1) is 4.34 Å². The number of thiophene rings is 1. The van der Waals surface area contributed by atoms with Crippen molar-refractivity contribution in [1.29, 1.82) is 0 Å². The molecule has 2 saturated heterocycles. The molecular formula is C14H17ClN2O2S. The van der Waals surface area contributed by atoms with Gasteiger partial charge in [-0.2, -0.15) is 0 Å². The van der Waals surface area contributed by atoms with Crippen molar-refractivity contribution in [1.82, 2.24) is 9.80 Å². The Morgan fingerprint density at radius 2 is 2.15 bits per heavy atom. The van der Waals surface area contributed by atoms with E-state index in [-0.39, 0.29) is 17.9 Å². The van der Waals surface area contributed by atoms with Gasteiger partial charge in [-0.05, 0) is 31.4 Å². The number of hydrogen-bond acceptors (Lipinski definition) is 3. The maximum atomic E-state index is 12.5. The van der Waals surface area contributed by atoms with Crippen LogP contribution in [0.4, 0.5) is 0 Å².